The Morgan fingerprint density at radius 2 is 1.60 bits per heavy atom. The van der Waals surface area contributed by atoms with Crippen LogP contribution >= 0.6 is 0 Å². The first kappa shape index (κ1) is 30.6. The summed E-state index contributed by atoms with van der Waals surface area (Å²) in [6.45, 7) is 14.2. The van der Waals surface area contributed by atoms with Gasteiger partial charge in [0.15, 0.2) is 5.78 Å². The smallest absolute Gasteiger partial charge is 0.162 e. The second kappa shape index (κ2) is 14.9. The van der Waals surface area contributed by atoms with Gasteiger partial charge in [0.05, 0.1) is 11.3 Å². The fraction of sp³-hybridized carbons (Fsp3) is 0.448. The Morgan fingerprint density at radius 1 is 0.971 bits per heavy atom. The molecule has 0 aliphatic heterocycles. The molecule has 1 heterocycles. The Balaban J connectivity index is 0.000000352. The van der Waals surface area contributed by atoms with Gasteiger partial charge in [-0.25, -0.2) is 0 Å². The van der Waals surface area contributed by atoms with Crippen molar-refractivity contribution in [3.8, 4) is 11.3 Å². The molecule has 1 radical (unpaired) electrons. The minimum Gasteiger partial charge on any atom is -0.512 e. The molecule has 1 N–H and O–H groups in total. The van der Waals surface area contributed by atoms with Gasteiger partial charge in [0.1, 0.15) is 0 Å². The molecule has 0 spiro atoms. The number of carbonyl (C=O) groups excluding carboxylic acids is 1. The summed E-state index contributed by atoms with van der Waals surface area (Å²) < 4.78 is 0. The molecule has 0 aliphatic carbocycles. The summed E-state index contributed by atoms with van der Waals surface area (Å²) in [5.74, 6) is 0.547. The average molecular weight is 653 g/mol. The fourth-order valence-electron chi connectivity index (χ4n) is 4.15. The van der Waals surface area contributed by atoms with Crippen LogP contribution in [0.5, 0.6) is 0 Å². The van der Waals surface area contributed by atoms with Crippen LogP contribution in [-0.4, -0.2) is 26.3 Å². The van der Waals surface area contributed by atoms with E-state index in [1.807, 2.05) is 59.7 Å². The topological polar surface area (TPSA) is 76.0 Å². The van der Waals surface area contributed by atoms with Crippen LogP contribution in [0.15, 0.2) is 42.2 Å². The summed E-state index contributed by atoms with van der Waals surface area (Å²) in [6.07, 6.45) is 4.91. The summed E-state index contributed by atoms with van der Waals surface area (Å²) in [6, 6.07) is 13.6. The van der Waals surface area contributed by atoms with E-state index < -0.39 is 0 Å². The van der Waals surface area contributed by atoms with E-state index in [0.29, 0.717) is 0 Å². The molecule has 0 amide bonds. The first-order valence-electron chi connectivity index (χ1n) is 12.3. The number of fused-ring (bicyclic) bond motifs is 1. The van der Waals surface area contributed by atoms with E-state index in [4.69, 9.17) is 0 Å². The van der Waals surface area contributed by atoms with Crippen molar-refractivity contribution in [2.75, 3.05) is 0 Å². The van der Waals surface area contributed by atoms with Gasteiger partial charge in [0.25, 0.3) is 0 Å². The van der Waals surface area contributed by atoms with E-state index in [0.717, 1.165) is 59.0 Å². The van der Waals surface area contributed by atoms with Gasteiger partial charge in [-0.3, -0.25) is 4.79 Å². The molecule has 0 atom stereocenters. The van der Waals surface area contributed by atoms with E-state index in [2.05, 4.69) is 40.5 Å². The molecule has 0 saturated carbocycles. The van der Waals surface area contributed by atoms with Crippen molar-refractivity contribution >= 4 is 16.7 Å². The molecule has 1 aromatic heterocycles. The summed E-state index contributed by atoms with van der Waals surface area (Å²) in [5, 5.41) is 23.0. The van der Waals surface area contributed by atoms with Crippen LogP contribution in [-0.2, 0) is 24.9 Å². The minimum atomic E-state index is 0. The third kappa shape index (κ3) is 8.33. The third-order valence-corrected chi connectivity index (χ3v) is 6.27. The molecular weight excluding hydrogens is 615 g/mol. The van der Waals surface area contributed by atoms with E-state index in [9.17, 15) is 9.90 Å². The van der Waals surface area contributed by atoms with Crippen LogP contribution in [0.2, 0.25) is 0 Å². The van der Waals surface area contributed by atoms with Crippen molar-refractivity contribution in [1.82, 2.24) is 15.4 Å². The van der Waals surface area contributed by atoms with Gasteiger partial charge in [0, 0.05) is 43.7 Å². The maximum absolute atomic E-state index is 11.7. The van der Waals surface area contributed by atoms with Gasteiger partial charge in [-0.1, -0.05) is 65.0 Å². The molecule has 6 heteroatoms. The molecule has 3 aromatic rings. The van der Waals surface area contributed by atoms with Gasteiger partial charge in [0.2, 0.25) is 0 Å². The minimum absolute atomic E-state index is 0. The van der Waals surface area contributed by atoms with Crippen LogP contribution in [0.3, 0.4) is 0 Å². The van der Waals surface area contributed by atoms with E-state index in [1.165, 1.54) is 11.6 Å². The zero-order chi connectivity index (χ0) is 25.3. The molecule has 0 fully saturated rings. The number of hydrogen-bond acceptors (Lipinski definition) is 5. The average Bonchev–Trinajstić information content (AvgIpc) is 2.80. The summed E-state index contributed by atoms with van der Waals surface area (Å²) in [5.41, 5.74) is 6.14. The molecule has 0 aliphatic rings. The van der Waals surface area contributed by atoms with Crippen LogP contribution in [0, 0.1) is 38.7 Å². The number of hydrogen-bond donors (Lipinski definition) is 1. The largest absolute Gasteiger partial charge is 0.512 e. The number of carbonyl (C=O) groups is 1. The Morgan fingerprint density at radius 3 is 2.17 bits per heavy atom. The van der Waals surface area contributed by atoms with Gasteiger partial charge < -0.3 is 5.11 Å². The Kier molecular flexibility index (Phi) is 13.0. The van der Waals surface area contributed by atoms with E-state index in [1.54, 1.807) is 0 Å². The number of ketones is 1. The van der Waals surface area contributed by atoms with Crippen LogP contribution in [0.4, 0.5) is 0 Å². The number of aromatic nitrogens is 3. The van der Waals surface area contributed by atoms with E-state index >= 15 is 0 Å². The molecule has 0 bridgehead atoms. The SMILES string of the molecule is CCC(CC)C(=O)/C=C(\O)C(CC)CC.Cc1[c-]c(-c2nnnc3c(C)cccc23)cc(C)c1.[Ir]. The zero-order valence-electron chi connectivity index (χ0n) is 22.0. The fourth-order valence-corrected chi connectivity index (χ4v) is 4.15. The standard InChI is InChI=1S/C16H14N3.C13H24O2.Ir/c1-10-7-11(2)9-13(8-10)16-14-6-4-5-12(3)15(14)17-19-18-16;1-5-10(6-2)12(14)9-13(15)11(7-3)8-4;/h4-8H,1-3H3;9-11,14H,5-8H2,1-4H3;/q-1;;/b;12-9-;. The molecule has 0 unspecified atom stereocenters. The normalized spacial score (nSPS) is 11.3. The number of aryl methyl sites for hydroxylation is 3. The number of benzene rings is 2. The quantitative estimate of drug-likeness (QED) is 0.157. The maximum atomic E-state index is 11.7. The van der Waals surface area contributed by atoms with Crippen molar-refractivity contribution in [2.24, 2.45) is 11.8 Å². The number of aliphatic hydroxyl groups excluding tert-OH is 1. The molecule has 35 heavy (non-hydrogen) atoms. The van der Waals surface area contributed by atoms with Crippen LogP contribution in [0.25, 0.3) is 22.2 Å². The van der Waals surface area contributed by atoms with Crippen molar-refractivity contribution < 1.29 is 30.0 Å². The van der Waals surface area contributed by atoms with Gasteiger partial charge in [-0.15, -0.1) is 40.0 Å². The molecule has 0 saturated heterocycles. The second-order valence-electron chi connectivity index (χ2n) is 8.86. The molecular formula is C29H38IrN3O2-. The predicted octanol–water partition coefficient (Wildman–Crippen LogP) is 7.28. The van der Waals surface area contributed by atoms with Gasteiger partial charge in [-0.2, -0.15) is 5.10 Å². The Labute approximate surface area is 223 Å². The number of rotatable bonds is 8. The Hall–Kier alpha value is -2.43. The third-order valence-electron chi connectivity index (χ3n) is 6.27. The van der Waals surface area contributed by atoms with Crippen molar-refractivity contribution in [1.29, 1.82) is 0 Å². The van der Waals surface area contributed by atoms with Crippen LogP contribution < -0.4 is 0 Å². The first-order chi connectivity index (χ1) is 16.2. The van der Waals surface area contributed by atoms with Crippen molar-refractivity contribution in [3.63, 3.8) is 0 Å². The number of nitrogens with zero attached hydrogens (tertiary/aromatic N) is 3. The predicted molar refractivity (Wildman–Crippen MR) is 140 cm³/mol. The second-order valence-corrected chi connectivity index (χ2v) is 8.86. The molecule has 2 aromatic carbocycles. The number of allylic oxidation sites excluding steroid dienone is 2. The molecule has 3 rings (SSSR count). The first-order valence-corrected chi connectivity index (χ1v) is 12.3. The molecule has 191 valence electrons. The summed E-state index contributed by atoms with van der Waals surface area (Å²) >= 11 is 0. The van der Waals surface area contributed by atoms with Gasteiger partial charge in [-0.05, 0) is 43.6 Å². The summed E-state index contributed by atoms with van der Waals surface area (Å²) in [4.78, 5) is 11.7. The van der Waals surface area contributed by atoms with E-state index in [-0.39, 0.29) is 43.5 Å². The maximum Gasteiger partial charge on any atom is 0.162 e. The zero-order valence-corrected chi connectivity index (χ0v) is 24.4. The van der Waals surface area contributed by atoms with Crippen LogP contribution in [0.1, 0.15) is 70.1 Å². The number of aliphatic hydroxyl groups is 1. The monoisotopic (exact) mass is 653 g/mol. The van der Waals surface area contributed by atoms with Gasteiger partial charge >= 0.3 is 0 Å². The van der Waals surface area contributed by atoms with Crippen molar-refractivity contribution in [3.05, 3.63) is 64.9 Å². The molecule has 5 nitrogen and oxygen atoms in total. The summed E-state index contributed by atoms with van der Waals surface area (Å²) in [7, 11) is 0. The van der Waals surface area contributed by atoms with Crippen molar-refractivity contribution in [2.45, 2.75) is 74.1 Å². The Bertz CT molecular complexity index is 1120.